The summed E-state index contributed by atoms with van der Waals surface area (Å²) in [6.45, 7) is 16.9. The molecule has 0 aliphatic carbocycles. The lowest BCUT2D eigenvalue weighted by molar-refractivity contribution is -0.0263. The molecule has 0 aromatic rings. The maximum atomic E-state index is 7.06. The lowest BCUT2D eigenvalue weighted by atomic mass is 9.96. The summed E-state index contributed by atoms with van der Waals surface area (Å²) in [5.41, 5.74) is 2.30. The Hall–Kier alpha value is -1.45. The highest BCUT2D eigenvalue weighted by Crippen LogP contribution is 2.22. The van der Waals surface area contributed by atoms with Crippen molar-refractivity contribution in [2.75, 3.05) is 28.4 Å². The van der Waals surface area contributed by atoms with Crippen LogP contribution in [0.15, 0.2) is 36.0 Å². The quantitative estimate of drug-likeness (QED) is 0.196. The molecule has 0 fully saturated rings. The van der Waals surface area contributed by atoms with Crippen LogP contribution < -0.4 is 0 Å². The summed E-state index contributed by atoms with van der Waals surface area (Å²) in [7, 11) is 6.92. The Morgan fingerprint density at radius 2 is 1.45 bits per heavy atom. The molecule has 5 atom stereocenters. The molecule has 0 aromatic heterocycles. The number of hydrogen-bond donors (Lipinski definition) is 0. The third-order valence-electron chi connectivity index (χ3n) is 5.21. The van der Waals surface area contributed by atoms with Crippen LogP contribution >= 0.6 is 0 Å². The van der Waals surface area contributed by atoms with Crippen LogP contribution in [0.1, 0.15) is 52.9 Å². The molecule has 0 saturated carbocycles. The van der Waals surface area contributed by atoms with Crippen molar-refractivity contribution < 1.29 is 18.9 Å². The third-order valence-corrected chi connectivity index (χ3v) is 5.21. The number of allylic oxidation sites excluding steroid dienone is 2. The van der Waals surface area contributed by atoms with E-state index in [-0.39, 0.29) is 30.5 Å². The van der Waals surface area contributed by atoms with Crippen LogP contribution in [0, 0.1) is 6.57 Å². The summed E-state index contributed by atoms with van der Waals surface area (Å²) in [6, 6.07) is 0.0118. The Bertz CT molecular complexity index is 550. The van der Waals surface area contributed by atoms with Crippen LogP contribution in [-0.2, 0) is 18.9 Å². The maximum Gasteiger partial charge on any atom is 0.224 e. The van der Waals surface area contributed by atoms with Crippen LogP contribution in [0.25, 0.3) is 4.85 Å². The smallest absolute Gasteiger partial charge is 0.224 e. The Morgan fingerprint density at radius 1 is 0.897 bits per heavy atom. The zero-order chi connectivity index (χ0) is 22.2. The molecule has 0 aliphatic rings. The summed E-state index contributed by atoms with van der Waals surface area (Å²) >= 11 is 0. The first kappa shape index (κ1) is 27.5. The molecule has 166 valence electrons. The average molecular weight is 408 g/mol. The van der Waals surface area contributed by atoms with E-state index in [1.54, 1.807) is 28.4 Å². The van der Waals surface area contributed by atoms with E-state index in [0.717, 1.165) is 43.3 Å². The number of methoxy groups -OCH3 is 4. The standard InChI is InChI=1S/C24H41NO4/c1-10-11-21(26-6)15-22(27-7)16-23(28-8)17-24(29-9)19(3)14-18(2)12-13-20(4)25-5/h10,12,14,20-24H,1,11,13,15-17H2,2-4,6-9H3/b18-12+,19-14+/t20-,21-,22-,23-,24-/m0/s1. The topological polar surface area (TPSA) is 41.3 Å². The van der Waals surface area contributed by atoms with Crippen molar-refractivity contribution in [1.82, 2.24) is 0 Å². The number of hydrogen-bond acceptors (Lipinski definition) is 4. The second kappa shape index (κ2) is 16.4. The molecule has 0 unspecified atom stereocenters. The van der Waals surface area contributed by atoms with E-state index in [0.29, 0.717) is 0 Å². The van der Waals surface area contributed by atoms with Crippen molar-refractivity contribution >= 4 is 0 Å². The minimum atomic E-state index is -0.0366. The highest BCUT2D eigenvalue weighted by molar-refractivity contribution is 5.23. The Balaban J connectivity index is 5.00. The fourth-order valence-electron chi connectivity index (χ4n) is 3.27. The van der Waals surface area contributed by atoms with Crippen LogP contribution in [0.5, 0.6) is 0 Å². The van der Waals surface area contributed by atoms with Gasteiger partial charge in [0.15, 0.2) is 0 Å². The van der Waals surface area contributed by atoms with E-state index >= 15 is 0 Å². The van der Waals surface area contributed by atoms with Crippen molar-refractivity contribution in [1.29, 1.82) is 0 Å². The van der Waals surface area contributed by atoms with Gasteiger partial charge in [0.25, 0.3) is 0 Å². The maximum absolute atomic E-state index is 7.06. The van der Waals surface area contributed by atoms with Crippen molar-refractivity contribution in [2.24, 2.45) is 0 Å². The summed E-state index contributed by atoms with van der Waals surface area (Å²) in [5.74, 6) is 0. The lowest BCUT2D eigenvalue weighted by Gasteiger charge is -2.27. The minimum Gasteiger partial charge on any atom is -0.381 e. The fourth-order valence-corrected chi connectivity index (χ4v) is 3.27. The molecule has 0 bridgehead atoms. The molecule has 0 radical (unpaired) electrons. The van der Waals surface area contributed by atoms with Gasteiger partial charge in [-0.2, -0.15) is 0 Å². The fraction of sp³-hybridized carbons (Fsp3) is 0.708. The number of nitrogens with zero attached hydrogens (tertiary/aromatic N) is 1. The van der Waals surface area contributed by atoms with Gasteiger partial charge < -0.3 is 23.8 Å². The van der Waals surface area contributed by atoms with Crippen molar-refractivity contribution in [3.05, 3.63) is 47.4 Å². The summed E-state index contributed by atoms with van der Waals surface area (Å²) in [4.78, 5) is 3.53. The van der Waals surface area contributed by atoms with Crippen LogP contribution in [0.4, 0.5) is 0 Å². The molecule has 0 rings (SSSR count). The van der Waals surface area contributed by atoms with Gasteiger partial charge >= 0.3 is 0 Å². The SMILES string of the molecule is [C-]#[N+][C@@H](C)C/C=C(C)/C=C(\C)[C@H](C[C@H](C[C@H](C[C@H](CC=C)OC)OC)OC)OC. The molecule has 29 heavy (non-hydrogen) atoms. The van der Waals surface area contributed by atoms with Crippen molar-refractivity contribution in [3.8, 4) is 0 Å². The predicted molar refractivity (Wildman–Crippen MR) is 120 cm³/mol. The number of rotatable bonds is 16. The second-order valence-corrected chi connectivity index (χ2v) is 7.58. The van der Waals surface area contributed by atoms with E-state index in [1.165, 1.54) is 0 Å². The number of ether oxygens (including phenoxy) is 4. The molecular weight excluding hydrogens is 366 g/mol. The van der Waals surface area contributed by atoms with E-state index in [4.69, 9.17) is 25.5 Å². The predicted octanol–water partition coefficient (Wildman–Crippen LogP) is 5.38. The van der Waals surface area contributed by atoms with E-state index < -0.39 is 0 Å². The van der Waals surface area contributed by atoms with Gasteiger partial charge in [0.2, 0.25) is 6.04 Å². The van der Waals surface area contributed by atoms with Gasteiger partial charge in [-0.15, -0.1) is 6.58 Å². The first-order valence-corrected chi connectivity index (χ1v) is 10.3. The first-order chi connectivity index (χ1) is 13.8. The van der Waals surface area contributed by atoms with Crippen LogP contribution in [-0.4, -0.2) is 58.9 Å². The molecule has 0 aliphatic heterocycles. The average Bonchev–Trinajstić information content (AvgIpc) is 2.73. The van der Waals surface area contributed by atoms with E-state index in [1.807, 2.05) is 13.0 Å². The molecule has 5 heteroatoms. The molecular formula is C24H41NO4. The molecule has 0 N–H and O–H groups in total. The van der Waals surface area contributed by atoms with Gasteiger partial charge in [-0.25, -0.2) is 6.57 Å². The van der Waals surface area contributed by atoms with Gasteiger partial charge in [-0.3, -0.25) is 0 Å². The molecule has 0 spiro atoms. The van der Waals surface area contributed by atoms with Gasteiger partial charge in [0, 0.05) is 54.6 Å². The minimum absolute atomic E-state index is 0.0118. The highest BCUT2D eigenvalue weighted by atomic mass is 16.5. The van der Waals surface area contributed by atoms with Crippen LogP contribution in [0.2, 0.25) is 0 Å². The largest absolute Gasteiger partial charge is 0.381 e. The molecule has 0 aromatic carbocycles. The van der Waals surface area contributed by atoms with Crippen molar-refractivity contribution in [2.45, 2.75) is 83.3 Å². The van der Waals surface area contributed by atoms with Crippen LogP contribution in [0.3, 0.4) is 0 Å². The Morgan fingerprint density at radius 3 is 1.93 bits per heavy atom. The first-order valence-electron chi connectivity index (χ1n) is 10.3. The Labute approximate surface area is 178 Å². The second-order valence-electron chi connectivity index (χ2n) is 7.58. The van der Waals surface area contributed by atoms with Gasteiger partial charge in [-0.05, 0) is 32.3 Å². The van der Waals surface area contributed by atoms with E-state index in [2.05, 4.69) is 37.4 Å². The van der Waals surface area contributed by atoms with Gasteiger partial charge in [0.05, 0.1) is 24.4 Å². The molecule has 5 nitrogen and oxygen atoms in total. The monoisotopic (exact) mass is 407 g/mol. The summed E-state index contributed by atoms with van der Waals surface area (Å²) < 4.78 is 22.7. The highest BCUT2D eigenvalue weighted by Gasteiger charge is 2.23. The molecule has 0 saturated heterocycles. The molecule has 0 amide bonds. The summed E-state index contributed by atoms with van der Waals surface area (Å²) in [5, 5.41) is 0. The zero-order valence-corrected chi connectivity index (χ0v) is 19.4. The summed E-state index contributed by atoms with van der Waals surface area (Å²) in [6.07, 6.45) is 10.1. The van der Waals surface area contributed by atoms with Crippen molar-refractivity contribution in [3.63, 3.8) is 0 Å². The van der Waals surface area contributed by atoms with E-state index in [9.17, 15) is 0 Å². The molecule has 0 heterocycles. The Kier molecular flexibility index (Phi) is 15.5. The zero-order valence-electron chi connectivity index (χ0n) is 19.4. The van der Waals surface area contributed by atoms with Gasteiger partial charge in [-0.1, -0.05) is 23.8 Å². The van der Waals surface area contributed by atoms with Gasteiger partial charge in [0.1, 0.15) is 0 Å². The third kappa shape index (κ3) is 12.0. The lowest BCUT2D eigenvalue weighted by Crippen LogP contribution is -2.30. The normalized spacial score (nSPS) is 17.9.